The third-order valence-corrected chi connectivity index (χ3v) is 2.93. The predicted molar refractivity (Wildman–Crippen MR) is 57.6 cm³/mol. The van der Waals surface area contributed by atoms with Crippen LogP contribution in [0.25, 0.3) is 0 Å². The van der Waals surface area contributed by atoms with Crippen LogP contribution in [0.15, 0.2) is 12.1 Å². The van der Waals surface area contributed by atoms with Crippen molar-refractivity contribution in [2.24, 2.45) is 0 Å². The standard InChI is InChI=1S/C9H11BClNO2/c1-9(2)5-3-4-6(12)8(11)7(5)10(13)14-9/h3-4,13H,12H2,1-2H3. The van der Waals surface area contributed by atoms with Crippen LogP contribution in [0.5, 0.6) is 0 Å². The number of halogens is 1. The van der Waals surface area contributed by atoms with E-state index in [1.165, 1.54) is 0 Å². The molecule has 14 heavy (non-hydrogen) atoms. The van der Waals surface area contributed by atoms with Gasteiger partial charge in [-0.1, -0.05) is 17.7 Å². The Balaban J connectivity index is 2.69. The highest BCUT2D eigenvalue weighted by molar-refractivity contribution is 6.66. The normalized spacial score (nSPS) is 18.4. The number of nitrogens with two attached hydrogens (primary N) is 1. The Labute approximate surface area is 88.0 Å². The molecular formula is C9H11BClNO2. The van der Waals surface area contributed by atoms with Crippen molar-refractivity contribution in [2.45, 2.75) is 19.4 Å². The number of nitrogen functional groups attached to an aromatic ring is 1. The third kappa shape index (κ3) is 1.22. The summed E-state index contributed by atoms with van der Waals surface area (Å²) in [5.41, 5.74) is 7.09. The van der Waals surface area contributed by atoms with Gasteiger partial charge in [0.2, 0.25) is 0 Å². The SMILES string of the molecule is CC1(C)OB(O)c2c1ccc(N)c2Cl. The van der Waals surface area contributed by atoms with Gasteiger partial charge in [-0.3, -0.25) is 0 Å². The van der Waals surface area contributed by atoms with Crippen molar-refractivity contribution < 1.29 is 9.68 Å². The molecule has 1 aromatic carbocycles. The minimum atomic E-state index is -0.976. The van der Waals surface area contributed by atoms with Gasteiger partial charge in [-0.2, -0.15) is 0 Å². The molecule has 1 aliphatic heterocycles. The first-order valence-electron chi connectivity index (χ1n) is 4.38. The van der Waals surface area contributed by atoms with Crippen molar-refractivity contribution in [3.63, 3.8) is 0 Å². The maximum absolute atomic E-state index is 9.66. The Morgan fingerprint density at radius 1 is 1.50 bits per heavy atom. The number of hydrogen-bond acceptors (Lipinski definition) is 3. The van der Waals surface area contributed by atoms with Crippen molar-refractivity contribution >= 4 is 29.9 Å². The fourth-order valence-electron chi connectivity index (χ4n) is 1.78. The molecule has 0 atom stereocenters. The van der Waals surface area contributed by atoms with Crippen LogP contribution in [0, 0.1) is 0 Å². The van der Waals surface area contributed by atoms with Crippen LogP contribution in [0.3, 0.4) is 0 Å². The summed E-state index contributed by atoms with van der Waals surface area (Å²) in [5, 5.41) is 10.0. The van der Waals surface area contributed by atoms with E-state index in [0.29, 0.717) is 16.2 Å². The second-order valence-corrected chi connectivity index (χ2v) is 4.29. The van der Waals surface area contributed by atoms with E-state index in [1.807, 2.05) is 19.9 Å². The van der Waals surface area contributed by atoms with E-state index in [-0.39, 0.29) is 0 Å². The summed E-state index contributed by atoms with van der Waals surface area (Å²) >= 11 is 6.00. The van der Waals surface area contributed by atoms with Crippen molar-refractivity contribution in [3.05, 3.63) is 22.7 Å². The molecule has 0 bridgehead atoms. The van der Waals surface area contributed by atoms with Gasteiger partial charge >= 0.3 is 7.12 Å². The van der Waals surface area contributed by atoms with E-state index in [2.05, 4.69) is 0 Å². The lowest BCUT2D eigenvalue weighted by Crippen LogP contribution is -2.30. The number of rotatable bonds is 0. The molecule has 0 spiro atoms. The molecule has 0 unspecified atom stereocenters. The maximum atomic E-state index is 9.66. The van der Waals surface area contributed by atoms with E-state index in [1.54, 1.807) is 6.07 Å². The lowest BCUT2D eigenvalue weighted by molar-refractivity contribution is 0.101. The van der Waals surface area contributed by atoms with Gasteiger partial charge in [0.25, 0.3) is 0 Å². The van der Waals surface area contributed by atoms with E-state index in [0.717, 1.165) is 5.56 Å². The van der Waals surface area contributed by atoms with E-state index in [4.69, 9.17) is 22.0 Å². The Morgan fingerprint density at radius 2 is 2.14 bits per heavy atom. The first-order valence-corrected chi connectivity index (χ1v) is 4.75. The highest BCUT2D eigenvalue weighted by Gasteiger charge is 2.42. The van der Waals surface area contributed by atoms with Gasteiger partial charge in [-0.05, 0) is 25.5 Å². The van der Waals surface area contributed by atoms with Gasteiger partial charge in [0, 0.05) is 11.2 Å². The molecule has 3 N–H and O–H groups in total. The van der Waals surface area contributed by atoms with Gasteiger partial charge in [0.15, 0.2) is 0 Å². The van der Waals surface area contributed by atoms with Gasteiger partial charge in [0.05, 0.1) is 10.6 Å². The fraction of sp³-hybridized carbons (Fsp3) is 0.333. The highest BCUT2D eigenvalue weighted by Crippen LogP contribution is 2.33. The van der Waals surface area contributed by atoms with Crippen molar-refractivity contribution in [1.82, 2.24) is 0 Å². The zero-order valence-corrected chi connectivity index (χ0v) is 8.80. The summed E-state index contributed by atoms with van der Waals surface area (Å²) in [4.78, 5) is 0. The molecule has 3 nitrogen and oxygen atoms in total. The highest BCUT2D eigenvalue weighted by atomic mass is 35.5. The molecular weight excluding hydrogens is 200 g/mol. The number of anilines is 1. The van der Waals surface area contributed by atoms with Crippen molar-refractivity contribution in [3.8, 4) is 0 Å². The molecule has 0 amide bonds. The van der Waals surface area contributed by atoms with E-state index in [9.17, 15) is 5.02 Å². The summed E-state index contributed by atoms with van der Waals surface area (Å²) in [6.45, 7) is 3.77. The minimum Gasteiger partial charge on any atom is -0.423 e. The summed E-state index contributed by atoms with van der Waals surface area (Å²) < 4.78 is 5.37. The van der Waals surface area contributed by atoms with Gasteiger partial charge < -0.3 is 15.4 Å². The summed E-state index contributed by atoms with van der Waals surface area (Å²) in [7, 11) is -0.976. The molecule has 1 heterocycles. The second kappa shape index (κ2) is 2.89. The molecule has 5 heteroatoms. The fourth-order valence-corrected chi connectivity index (χ4v) is 2.04. The topological polar surface area (TPSA) is 55.5 Å². The Bertz CT molecular complexity index is 395. The van der Waals surface area contributed by atoms with Crippen LogP contribution >= 0.6 is 11.6 Å². The molecule has 0 radical (unpaired) electrons. The summed E-state index contributed by atoms with van der Waals surface area (Å²) in [6.07, 6.45) is 0. The Hall–Kier alpha value is -0.705. The molecule has 1 aromatic rings. The zero-order valence-electron chi connectivity index (χ0n) is 8.04. The first-order chi connectivity index (χ1) is 6.43. The quantitative estimate of drug-likeness (QED) is 0.495. The van der Waals surface area contributed by atoms with Crippen LogP contribution in [0.2, 0.25) is 5.02 Å². The first kappa shape index (κ1) is 9.83. The average molecular weight is 211 g/mol. The number of benzene rings is 1. The van der Waals surface area contributed by atoms with Crippen molar-refractivity contribution in [1.29, 1.82) is 0 Å². The molecule has 0 saturated carbocycles. The Kier molecular flexibility index (Phi) is 2.03. The number of hydrogen-bond donors (Lipinski definition) is 2. The van der Waals surface area contributed by atoms with Gasteiger partial charge in [-0.15, -0.1) is 0 Å². The monoisotopic (exact) mass is 211 g/mol. The number of fused-ring (bicyclic) bond motifs is 1. The van der Waals surface area contributed by atoms with Gasteiger partial charge in [-0.25, -0.2) is 0 Å². The predicted octanol–water partition coefficient (Wildman–Crippen LogP) is 0.875. The van der Waals surface area contributed by atoms with Gasteiger partial charge in [0.1, 0.15) is 0 Å². The molecule has 1 aliphatic rings. The smallest absolute Gasteiger partial charge is 0.423 e. The molecule has 0 aliphatic carbocycles. The third-order valence-electron chi connectivity index (χ3n) is 2.51. The maximum Gasteiger partial charge on any atom is 0.493 e. The zero-order chi connectivity index (χ0) is 10.5. The minimum absolute atomic E-state index is 0.389. The van der Waals surface area contributed by atoms with Crippen LogP contribution in [-0.2, 0) is 10.3 Å². The van der Waals surface area contributed by atoms with Crippen molar-refractivity contribution in [2.75, 3.05) is 5.73 Å². The molecule has 0 aromatic heterocycles. The van der Waals surface area contributed by atoms with Crippen LogP contribution in [-0.4, -0.2) is 12.1 Å². The average Bonchev–Trinajstić information content (AvgIpc) is 2.29. The lowest BCUT2D eigenvalue weighted by atomic mass is 9.78. The molecule has 0 fully saturated rings. The van der Waals surface area contributed by atoms with Crippen LogP contribution in [0.4, 0.5) is 5.69 Å². The second-order valence-electron chi connectivity index (χ2n) is 3.91. The van der Waals surface area contributed by atoms with Crippen LogP contribution in [0.1, 0.15) is 19.4 Å². The summed E-state index contributed by atoms with van der Waals surface area (Å²) in [5.74, 6) is 0. The molecule has 0 saturated heterocycles. The largest absolute Gasteiger partial charge is 0.493 e. The molecule has 2 rings (SSSR count). The van der Waals surface area contributed by atoms with E-state index < -0.39 is 12.7 Å². The molecule has 74 valence electrons. The van der Waals surface area contributed by atoms with Crippen LogP contribution < -0.4 is 11.2 Å². The van der Waals surface area contributed by atoms with E-state index >= 15 is 0 Å². The lowest BCUT2D eigenvalue weighted by Gasteiger charge is -2.19. The summed E-state index contributed by atoms with van der Waals surface area (Å²) in [6, 6.07) is 3.57. The Morgan fingerprint density at radius 3 is 2.79 bits per heavy atom.